The summed E-state index contributed by atoms with van der Waals surface area (Å²) in [6, 6.07) is 22.3. The van der Waals surface area contributed by atoms with Crippen LogP contribution in [-0.2, 0) is 17.9 Å². The molecule has 1 unspecified atom stereocenters. The Morgan fingerprint density at radius 1 is 1.09 bits per heavy atom. The molecule has 1 aliphatic heterocycles. The van der Waals surface area contributed by atoms with Crippen molar-refractivity contribution in [2.75, 3.05) is 25.0 Å². The highest BCUT2D eigenvalue weighted by Crippen LogP contribution is 2.27. The van der Waals surface area contributed by atoms with E-state index in [0.29, 0.717) is 18.0 Å². The van der Waals surface area contributed by atoms with Crippen molar-refractivity contribution in [3.05, 3.63) is 89.6 Å². The Bertz CT molecular complexity index is 1090. The van der Waals surface area contributed by atoms with E-state index in [-0.39, 0.29) is 18.1 Å². The number of esters is 1. The second-order valence-electron chi connectivity index (χ2n) is 9.00. The molecule has 2 aromatic carbocycles. The van der Waals surface area contributed by atoms with Crippen molar-refractivity contribution in [2.45, 2.75) is 45.6 Å². The molecule has 4 rings (SSSR count). The number of benzene rings is 2. The Hall–Kier alpha value is -3.38. The molecule has 6 nitrogen and oxygen atoms in total. The van der Waals surface area contributed by atoms with E-state index in [4.69, 9.17) is 9.47 Å². The lowest BCUT2D eigenvalue weighted by Gasteiger charge is -2.27. The van der Waals surface area contributed by atoms with Gasteiger partial charge in [0.1, 0.15) is 23.7 Å². The maximum absolute atomic E-state index is 12.6. The summed E-state index contributed by atoms with van der Waals surface area (Å²) in [4.78, 5) is 21.7. The average molecular weight is 460 g/mol. The highest BCUT2D eigenvalue weighted by atomic mass is 16.5. The molecular formula is C28H33N3O3. The Labute approximate surface area is 202 Å². The maximum Gasteiger partial charge on any atom is 0.342 e. The quantitative estimate of drug-likeness (QED) is 0.423. The normalized spacial score (nSPS) is 15.9. The van der Waals surface area contributed by atoms with Gasteiger partial charge in [0, 0.05) is 44.5 Å². The minimum atomic E-state index is -0.329. The van der Waals surface area contributed by atoms with Gasteiger partial charge in [0.15, 0.2) is 0 Å². The fourth-order valence-electron chi connectivity index (χ4n) is 4.31. The van der Waals surface area contributed by atoms with Gasteiger partial charge in [0.25, 0.3) is 0 Å². The van der Waals surface area contributed by atoms with Crippen LogP contribution in [0.2, 0.25) is 0 Å². The molecule has 178 valence electrons. The summed E-state index contributed by atoms with van der Waals surface area (Å²) >= 11 is 0. The summed E-state index contributed by atoms with van der Waals surface area (Å²) in [5.41, 5.74) is 2.85. The lowest BCUT2D eigenvalue weighted by molar-refractivity contribution is 0.0378. The lowest BCUT2D eigenvalue weighted by Crippen LogP contribution is -2.36. The van der Waals surface area contributed by atoms with Gasteiger partial charge in [-0.25, -0.2) is 9.78 Å². The third-order valence-corrected chi connectivity index (χ3v) is 6.08. The van der Waals surface area contributed by atoms with Crippen LogP contribution in [0.15, 0.2) is 72.9 Å². The van der Waals surface area contributed by atoms with Crippen LogP contribution >= 0.6 is 0 Å². The van der Waals surface area contributed by atoms with Gasteiger partial charge in [-0.3, -0.25) is 4.90 Å². The van der Waals surface area contributed by atoms with Crippen molar-refractivity contribution < 1.29 is 14.3 Å². The Kier molecular flexibility index (Phi) is 7.80. The summed E-state index contributed by atoms with van der Waals surface area (Å²) in [7, 11) is 2.01. The van der Waals surface area contributed by atoms with Gasteiger partial charge in [0.2, 0.25) is 0 Å². The lowest BCUT2D eigenvalue weighted by atomic mass is 10.1. The second kappa shape index (κ2) is 11.2. The molecule has 0 saturated carbocycles. The number of hydrogen-bond donors (Lipinski definition) is 0. The first-order valence-electron chi connectivity index (χ1n) is 11.9. The zero-order chi connectivity index (χ0) is 23.9. The number of aromatic nitrogens is 1. The molecule has 3 aromatic rings. The summed E-state index contributed by atoms with van der Waals surface area (Å²) in [5, 5.41) is 0. The molecule has 1 aromatic heterocycles. The van der Waals surface area contributed by atoms with E-state index >= 15 is 0 Å². The number of anilines is 1. The number of para-hydroxylation sites is 1. The Balaban J connectivity index is 1.40. The number of carbonyl (C=O) groups is 1. The highest BCUT2D eigenvalue weighted by Gasteiger charge is 2.29. The van der Waals surface area contributed by atoms with Crippen LogP contribution in [0.3, 0.4) is 0 Å². The summed E-state index contributed by atoms with van der Waals surface area (Å²) in [5.74, 6) is 1.27. The van der Waals surface area contributed by atoms with Crippen LogP contribution in [0, 0.1) is 0 Å². The van der Waals surface area contributed by atoms with Crippen molar-refractivity contribution in [1.82, 2.24) is 9.88 Å². The molecular weight excluding hydrogens is 426 g/mol. The van der Waals surface area contributed by atoms with Gasteiger partial charge in [-0.15, -0.1) is 0 Å². The first-order valence-corrected chi connectivity index (χ1v) is 11.9. The standard InChI is InChI=1S/C28H33N3O3/c1-21(2)34-28(32)25-13-9-16-29-27(25)30(3)24-15-17-31(19-24)18-23-12-7-8-14-26(23)33-20-22-10-5-4-6-11-22/h4-14,16,21,24H,15,17-20H2,1-3H3. The number of rotatable bonds is 9. The number of carbonyl (C=O) groups excluding carboxylic acids is 1. The third kappa shape index (κ3) is 5.94. The van der Waals surface area contributed by atoms with Gasteiger partial charge >= 0.3 is 5.97 Å². The zero-order valence-electron chi connectivity index (χ0n) is 20.2. The van der Waals surface area contributed by atoms with Crippen molar-refractivity contribution >= 4 is 11.8 Å². The molecule has 34 heavy (non-hydrogen) atoms. The molecule has 0 radical (unpaired) electrons. The predicted octanol–water partition coefficient (Wildman–Crippen LogP) is 4.94. The van der Waals surface area contributed by atoms with E-state index in [9.17, 15) is 4.79 Å². The minimum absolute atomic E-state index is 0.169. The first kappa shape index (κ1) is 23.8. The van der Waals surface area contributed by atoms with Crippen LogP contribution in [0.4, 0.5) is 5.82 Å². The molecule has 2 heterocycles. The zero-order valence-corrected chi connectivity index (χ0v) is 20.2. The SMILES string of the molecule is CC(C)OC(=O)c1cccnc1N(C)C1CCN(Cc2ccccc2OCc2ccccc2)C1. The molecule has 0 N–H and O–H groups in total. The number of likely N-dealkylation sites (N-methyl/N-ethyl adjacent to an activating group) is 1. The fourth-order valence-corrected chi connectivity index (χ4v) is 4.31. The highest BCUT2D eigenvalue weighted by molar-refractivity contribution is 5.94. The maximum atomic E-state index is 12.6. The fraction of sp³-hybridized carbons (Fsp3) is 0.357. The van der Waals surface area contributed by atoms with Crippen molar-refractivity contribution in [1.29, 1.82) is 0 Å². The van der Waals surface area contributed by atoms with Crippen molar-refractivity contribution in [2.24, 2.45) is 0 Å². The number of hydrogen-bond acceptors (Lipinski definition) is 6. The largest absolute Gasteiger partial charge is 0.489 e. The van der Waals surface area contributed by atoms with Crippen LogP contribution in [0.25, 0.3) is 0 Å². The molecule has 1 fully saturated rings. The van der Waals surface area contributed by atoms with Crippen LogP contribution in [0.1, 0.15) is 41.8 Å². The molecule has 6 heteroatoms. The molecule has 0 spiro atoms. The van der Waals surface area contributed by atoms with Crippen LogP contribution in [-0.4, -0.2) is 48.1 Å². The van der Waals surface area contributed by atoms with Crippen LogP contribution < -0.4 is 9.64 Å². The number of pyridine rings is 1. The monoisotopic (exact) mass is 459 g/mol. The second-order valence-corrected chi connectivity index (χ2v) is 9.00. The number of likely N-dealkylation sites (tertiary alicyclic amines) is 1. The predicted molar refractivity (Wildman–Crippen MR) is 134 cm³/mol. The van der Waals surface area contributed by atoms with E-state index < -0.39 is 0 Å². The Morgan fingerprint density at radius 2 is 1.85 bits per heavy atom. The van der Waals surface area contributed by atoms with Crippen molar-refractivity contribution in [3.8, 4) is 5.75 Å². The van der Waals surface area contributed by atoms with Gasteiger partial charge in [-0.1, -0.05) is 48.5 Å². The minimum Gasteiger partial charge on any atom is -0.489 e. The Morgan fingerprint density at radius 3 is 2.65 bits per heavy atom. The van der Waals surface area contributed by atoms with E-state index in [1.165, 1.54) is 5.56 Å². The van der Waals surface area contributed by atoms with Gasteiger partial charge in [0.05, 0.1) is 6.10 Å². The first-order chi connectivity index (χ1) is 16.5. The van der Waals surface area contributed by atoms with Gasteiger partial charge in [-0.2, -0.15) is 0 Å². The summed E-state index contributed by atoms with van der Waals surface area (Å²) in [6.07, 6.45) is 2.56. The topological polar surface area (TPSA) is 54.9 Å². The summed E-state index contributed by atoms with van der Waals surface area (Å²) < 4.78 is 11.6. The molecule has 0 bridgehead atoms. The van der Waals surface area contributed by atoms with Crippen LogP contribution in [0.5, 0.6) is 5.75 Å². The van der Waals surface area contributed by atoms with E-state index in [0.717, 1.165) is 37.4 Å². The number of ether oxygens (including phenoxy) is 2. The van der Waals surface area contributed by atoms with E-state index in [1.807, 2.05) is 51.2 Å². The molecule has 0 aliphatic carbocycles. The molecule has 1 saturated heterocycles. The molecule has 1 aliphatic rings. The summed E-state index contributed by atoms with van der Waals surface area (Å²) in [6.45, 7) is 6.94. The third-order valence-electron chi connectivity index (χ3n) is 6.08. The van der Waals surface area contributed by atoms with Gasteiger partial charge < -0.3 is 14.4 Å². The smallest absolute Gasteiger partial charge is 0.342 e. The van der Waals surface area contributed by atoms with Crippen molar-refractivity contribution in [3.63, 3.8) is 0 Å². The molecule has 1 atom stereocenters. The molecule has 0 amide bonds. The van der Waals surface area contributed by atoms with E-state index in [2.05, 4.69) is 39.0 Å². The van der Waals surface area contributed by atoms with Gasteiger partial charge in [-0.05, 0) is 44.0 Å². The van der Waals surface area contributed by atoms with E-state index in [1.54, 1.807) is 18.3 Å². The number of nitrogens with zero attached hydrogens (tertiary/aromatic N) is 3. The average Bonchev–Trinajstić information content (AvgIpc) is 3.32.